The third-order valence-electron chi connectivity index (χ3n) is 3.54. The van der Waals surface area contributed by atoms with E-state index in [1.165, 1.54) is 0 Å². The Bertz CT molecular complexity index is 1060. The molecule has 0 aliphatic heterocycles. The van der Waals surface area contributed by atoms with Crippen molar-refractivity contribution < 1.29 is 0 Å². The quantitative estimate of drug-likeness (QED) is 0.570. The van der Waals surface area contributed by atoms with E-state index in [0.717, 1.165) is 33.3 Å². The molecule has 4 aromatic rings. The van der Waals surface area contributed by atoms with Crippen LogP contribution in [0.4, 0.5) is 0 Å². The summed E-state index contributed by atoms with van der Waals surface area (Å²) >= 11 is 6.21. The van der Waals surface area contributed by atoms with Gasteiger partial charge >= 0.3 is 0 Å². The van der Waals surface area contributed by atoms with E-state index in [1.54, 1.807) is 6.07 Å². The normalized spacial score (nSPS) is 10.9. The van der Waals surface area contributed by atoms with Crippen molar-refractivity contribution in [1.82, 2.24) is 15.0 Å². The van der Waals surface area contributed by atoms with Crippen molar-refractivity contribution in [2.45, 2.75) is 0 Å². The van der Waals surface area contributed by atoms with E-state index in [1.807, 2.05) is 48.5 Å². The number of aromatic nitrogens is 3. The summed E-state index contributed by atoms with van der Waals surface area (Å²) < 4.78 is 0. The average molecular weight is 305 g/mol. The van der Waals surface area contributed by atoms with E-state index < -0.39 is 0 Å². The van der Waals surface area contributed by atoms with Gasteiger partial charge in [-0.2, -0.15) is 5.26 Å². The first-order chi connectivity index (χ1) is 10.7. The highest BCUT2D eigenvalue weighted by atomic mass is 35.5. The molecule has 0 saturated carbocycles. The highest BCUT2D eigenvalue weighted by Crippen LogP contribution is 2.27. The molecule has 0 spiro atoms. The molecule has 4 nitrogen and oxygen atoms in total. The minimum Gasteiger partial charge on any atom is -0.352 e. The number of rotatable bonds is 1. The van der Waals surface area contributed by atoms with Crippen molar-refractivity contribution in [3.8, 4) is 17.5 Å². The van der Waals surface area contributed by atoms with Crippen LogP contribution in [0, 0.1) is 11.3 Å². The summed E-state index contributed by atoms with van der Waals surface area (Å²) in [4.78, 5) is 12.2. The van der Waals surface area contributed by atoms with Crippen LogP contribution in [-0.2, 0) is 0 Å². The van der Waals surface area contributed by atoms with E-state index in [-0.39, 0.29) is 0 Å². The van der Waals surface area contributed by atoms with Crippen LogP contribution in [0.5, 0.6) is 0 Å². The zero-order valence-electron chi connectivity index (χ0n) is 11.3. The van der Waals surface area contributed by atoms with Gasteiger partial charge in [-0.05, 0) is 30.3 Å². The molecule has 0 aliphatic carbocycles. The zero-order valence-corrected chi connectivity index (χ0v) is 12.1. The number of hydrogen-bond acceptors (Lipinski definition) is 3. The van der Waals surface area contributed by atoms with Gasteiger partial charge in [-0.3, -0.25) is 0 Å². The average Bonchev–Trinajstić information content (AvgIpc) is 2.98. The maximum atomic E-state index is 8.92. The Balaban J connectivity index is 1.91. The lowest BCUT2D eigenvalue weighted by Gasteiger charge is -2.02. The van der Waals surface area contributed by atoms with Crippen molar-refractivity contribution in [3.63, 3.8) is 0 Å². The molecule has 0 aliphatic rings. The first-order valence-corrected chi connectivity index (χ1v) is 7.08. The number of pyridine rings is 2. The van der Waals surface area contributed by atoms with E-state index in [4.69, 9.17) is 16.9 Å². The number of halogens is 1. The van der Waals surface area contributed by atoms with Crippen LogP contribution in [-0.4, -0.2) is 15.0 Å². The Kier molecular flexibility index (Phi) is 2.81. The molecule has 0 unspecified atom stereocenters. The van der Waals surface area contributed by atoms with Gasteiger partial charge < -0.3 is 4.98 Å². The third-order valence-corrected chi connectivity index (χ3v) is 3.84. The number of H-pyrrole nitrogens is 1. The minimum absolute atomic E-state index is 0.396. The molecule has 0 atom stereocenters. The second-order valence-electron chi connectivity index (χ2n) is 4.93. The predicted molar refractivity (Wildman–Crippen MR) is 86.6 cm³/mol. The molecule has 104 valence electrons. The fraction of sp³-hybridized carbons (Fsp3) is 0. The molecule has 1 aromatic carbocycles. The van der Waals surface area contributed by atoms with Crippen LogP contribution in [0.3, 0.4) is 0 Å². The van der Waals surface area contributed by atoms with Crippen LogP contribution in [0.1, 0.15) is 5.69 Å². The maximum Gasteiger partial charge on any atom is 0.141 e. The monoisotopic (exact) mass is 304 g/mol. The summed E-state index contributed by atoms with van der Waals surface area (Å²) in [7, 11) is 0. The van der Waals surface area contributed by atoms with Gasteiger partial charge in [0, 0.05) is 5.39 Å². The van der Waals surface area contributed by atoms with Crippen LogP contribution >= 0.6 is 11.6 Å². The first kappa shape index (κ1) is 12.8. The van der Waals surface area contributed by atoms with Crippen LogP contribution < -0.4 is 0 Å². The summed E-state index contributed by atoms with van der Waals surface area (Å²) in [5, 5.41) is 10.5. The first-order valence-electron chi connectivity index (χ1n) is 6.70. The van der Waals surface area contributed by atoms with Crippen molar-refractivity contribution in [1.29, 1.82) is 5.26 Å². The summed E-state index contributed by atoms with van der Waals surface area (Å²) in [6.45, 7) is 0. The maximum absolute atomic E-state index is 8.92. The van der Waals surface area contributed by atoms with Crippen molar-refractivity contribution >= 4 is 33.5 Å². The van der Waals surface area contributed by atoms with Gasteiger partial charge in [-0.15, -0.1) is 0 Å². The lowest BCUT2D eigenvalue weighted by Crippen LogP contribution is -1.86. The van der Waals surface area contributed by atoms with E-state index >= 15 is 0 Å². The molecule has 0 amide bonds. The molecular weight excluding hydrogens is 296 g/mol. The second-order valence-corrected chi connectivity index (χ2v) is 5.34. The van der Waals surface area contributed by atoms with Crippen LogP contribution in [0.15, 0.2) is 48.5 Å². The topological polar surface area (TPSA) is 65.4 Å². The largest absolute Gasteiger partial charge is 0.352 e. The predicted octanol–water partition coefficient (Wildman–Crippen LogP) is 4.30. The third kappa shape index (κ3) is 2.00. The van der Waals surface area contributed by atoms with Crippen molar-refractivity contribution in [2.75, 3.05) is 0 Å². The number of hydrogen-bond donors (Lipinski definition) is 1. The summed E-state index contributed by atoms with van der Waals surface area (Å²) in [5.74, 6) is 0. The molecule has 3 aromatic heterocycles. The number of nitriles is 1. The molecule has 3 heterocycles. The van der Waals surface area contributed by atoms with Gasteiger partial charge in [0.2, 0.25) is 0 Å². The zero-order chi connectivity index (χ0) is 15.1. The van der Waals surface area contributed by atoms with Gasteiger partial charge in [-0.25, -0.2) is 9.97 Å². The molecular formula is C17H9ClN4. The van der Waals surface area contributed by atoms with E-state index in [0.29, 0.717) is 10.7 Å². The van der Waals surface area contributed by atoms with Gasteiger partial charge in [0.05, 0.1) is 33.0 Å². The van der Waals surface area contributed by atoms with Gasteiger partial charge in [0.25, 0.3) is 0 Å². The molecule has 1 N–H and O–H groups in total. The molecule has 0 fully saturated rings. The van der Waals surface area contributed by atoms with Crippen molar-refractivity contribution in [3.05, 3.63) is 59.2 Å². The Morgan fingerprint density at radius 1 is 1.05 bits per heavy atom. The van der Waals surface area contributed by atoms with Gasteiger partial charge in [0.15, 0.2) is 0 Å². The highest BCUT2D eigenvalue weighted by molar-refractivity contribution is 6.35. The molecule has 0 saturated heterocycles. The smallest absolute Gasteiger partial charge is 0.141 e. The minimum atomic E-state index is 0.396. The van der Waals surface area contributed by atoms with Crippen LogP contribution in [0.2, 0.25) is 5.02 Å². The standard InChI is InChI=1S/C17H9ClN4/c18-12-3-1-2-10-4-6-14(22-17(10)12)16-8-15-13(21-16)7-5-11(9-19)20-15/h1-8,21H. The van der Waals surface area contributed by atoms with E-state index in [2.05, 4.69) is 15.0 Å². The van der Waals surface area contributed by atoms with Gasteiger partial charge in [-0.1, -0.05) is 29.8 Å². The Labute approximate surface area is 131 Å². The molecule has 5 heteroatoms. The number of benzene rings is 1. The Morgan fingerprint density at radius 2 is 1.95 bits per heavy atom. The van der Waals surface area contributed by atoms with Crippen LogP contribution in [0.25, 0.3) is 33.3 Å². The fourth-order valence-electron chi connectivity index (χ4n) is 2.47. The Morgan fingerprint density at radius 3 is 2.82 bits per heavy atom. The summed E-state index contributed by atoms with van der Waals surface area (Å²) in [5.41, 5.74) is 4.42. The van der Waals surface area contributed by atoms with E-state index in [9.17, 15) is 0 Å². The number of aromatic amines is 1. The summed E-state index contributed by atoms with van der Waals surface area (Å²) in [6.07, 6.45) is 0. The molecule has 0 bridgehead atoms. The summed E-state index contributed by atoms with van der Waals surface area (Å²) in [6, 6.07) is 17.1. The second kappa shape index (κ2) is 4.83. The number of nitrogens with one attached hydrogen (secondary N) is 1. The number of nitrogens with zero attached hydrogens (tertiary/aromatic N) is 3. The molecule has 4 rings (SSSR count). The Hall–Kier alpha value is -2.90. The van der Waals surface area contributed by atoms with Gasteiger partial charge in [0.1, 0.15) is 11.8 Å². The number of fused-ring (bicyclic) bond motifs is 2. The fourth-order valence-corrected chi connectivity index (χ4v) is 2.69. The highest BCUT2D eigenvalue weighted by Gasteiger charge is 2.08. The lowest BCUT2D eigenvalue weighted by atomic mass is 10.2. The molecule has 0 radical (unpaired) electrons. The lowest BCUT2D eigenvalue weighted by molar-refractivity contribution is 1.32. The number of para-hydroxylation sites is 1. The van der Waals surface area contributed by atoms with Crippen molar-refractivity contribution in [2.24, 2.45) is 0 Å². The molecule has 22 heavy (non-hydrogen) atoms. The SMILES string of the molecule is N#Cc1ccc2[nH]c(-c3ccc4cccc(Cl)c4n3)cc2n1.